The van der Waals surface area contributed by atoms with Gasteiger partial charge in [0.05, 0.1) is 0 Å². The number of halogens is 2. The number of rotatable bonds is 8. The number of nitrogens with zero attached hydrogens (tertiary/aromatic N) is 1. The minimum absolute atomic E-state index is 0.0617. The fraction of sp³-hybridized carbons (Fsp3) is 0.471. The van der Waals surface area contributed by atoms with Gasteiger partial charge in [0.25, 0.3) is 0 Å². The Labute approximate surface area is 247 Å². The number of carbonyl (C=O) groups excluding carboxylic acids is 2. The number of methoxy groups -OCH3 is 1. The lowest BCUT2D eigenvalue weighted by molar-refractivity contribution is -0.119. The molecule has 0 N–H and O–H groups in total. The lowest BCUT2D eigenvalue weighted by Gasteiger charge is -2.49. The van der Waals surface area contributed by atoms with Gasteiger partial charge < -0.3 is 14.4 Å². The highest BCUT2D eigenvalue weighted by atomic mass is 35.5. The fourth-order valence-corrected chi connectivity index (χ4v) is 6.79. The summed E-state index contributed by atoms with van der Waals surface area (Å²) in [6.45, 7) is 10.0. The number of allylic oxidation sites excluding steroid dienone is 4. The largest absolute Gasteiger partial charge is 0.489 e. The molecule has 1 heterocycles. The molecule has 2 aliphatic carbocycles. The predicted octanol–water partition coefficient (Wildman–Crippen LogP) is 7.78. The third-order valence-electron chi connectivity index (χ3n) is 8.34. The number of carbonyl (C=O) groups is 2. The minimum atomic E-state index is -0.562. The molecule has 0 unspecified atom stereocenters. The van der Waals surface area contributed by atoms with Crippen LogP contribution in [0.5, 0.6) is 5.75 Å². The molecule has 0 saturated carbocycles. The summed E-state index contributed by atoms with van der Waals surface area (Å²) in [4.78, 5) is 30.4. The number of ether oxygens (including phenoxy) is 2. The van der Waals surface area contributed by atoms with Crippen molar-refractivity contribution in [2.75, 3.05) is 20.3 Å². The van der Waals surface area contributed by atoms with Crippen LogP contribution < -0.4 is 4.74 Å². The van der Waals surface area contributed by atoms with Crippen molar-refractivity contribution in [2.24, 2.45) is 10.8 Å². The highest BCUT2D eigenvalue weighted by Crippen LogP contribution is 2.55. The van der Waals surface area contributed by atoms with Crippen molar-refractivity contribution < 1.29 is 23.5 Å². The van der Waals surface area contributed by atoms with Crippen LogP contribution in [0.4, 0.5) is 4.39 Å². The number of benzene rings is 2. The maximum atomic E-state index is 14.1. The second-order valence-corrected chi connectivity index (χ2v) is 13.6. The Balaban J connectivity index is 1.68. The second-order valence-electron chi connectivity index (χ2n) is 13.1. The molecule has 7 heteroatoms. The lowest BCUT2D eigenvalue weighted by atomic mass is 9.63. The van der Waals surface area contributed by atoms with Crippen molar-refractivity contribution >= 4 is 23.2 Å². The molecular formula is C34H39ClFNO4. The average molecular weight is 580 g/mol. The molecule has 5 rings (SSSR count). The van der Waals surface area contributed by atoms with E-state index in [2.05, 4.69) is 32.6 Å². The zero-order valence-electron chi connectivity index (χ0n) is 24.6. The standard InChI is InChI=1S/C34H39ClFNO4/c1-33(2)16-25-31(27(38)18-33)30(32-26(37(25)13-6-14-40-5)17-34(3,4)19-28(32)39)24-15-22(35)9-12-29(24)41-20-21-7-10-23(36)11-8-21/h7-12,15,30H,6,13-14,16-20H2,1-5H3. The molecule has 2 aromatic rings. The highest BCUT2D eigenvalue weighted by molar-refractivity contribution is 6.30. The fourth-order valence-electron chi connectivity index (χ4n) is 6.61. The van der Waals surface area contributed by atoms with E-state index in [1.165, 1.54) is 12.1 Å². The molecule has 0 spiro atoms. The van der Waals surface area contributed by atoms with Crippen molar-refractivity contribution in [3.05, 3.63) is 87.0 Å². The van der Waals surface area contributed by atoms with E-state index < -0.39 is 5.92 Å². The van der Waals surface area contributed by atoms with Gasteiger partial charge >= 0.3 is 0 Å². The Morgan fingerprint density at radius 3 is 2.05 bits per heavy atom. The molecule has 1 aliphatic heterocycles. The van der Waals surface area contributed by atoms with Crippen LogP contribution in [-0.4, -0.2) is 36.7 Å². The highest BCUT2D eigenvalue weighted by Gasteiger charge is 2.49. The first kappa shape index (κ1) is 29.5. The van der Waals surface area contributed by atoms with E-state index in [-0.39, 0.29) is 34.8 Å². The van der Waals surface area contributed by atoms with Gasteiger partial charge in [-0.05, 0) is 66.0 Å². The number of hydrogen-bond acceptors (Lipinski definition) is 5. The number of hydrogen-bond donors (Lipinski definition) is 0. The number of Topliss-reactive ketones (excluding diaryl/α,β-unsaturated/α-hetero) is 2. The topological polar surface area (TPSA) is 55.8 Å². The van der Waals surface area contributed by atoms with Gasteiger partial charge in [-0.3, -0.25) is 9.59 Å². The van der Waals surface area contributed by atoms with Crippen molar-refractivity contribution in [2.45, 2.75) is 72.3 Å². The summed E-state index contributed by atoms with van der Waals surface area (Å²) < 4.78 is 25.2. The van der Waals surface area contributed by atoms with Gasteiger partial charge in [0.2, 0.25) is 0 Å². The minimum Gasteiger partial charge on any atom is -0.489 e. The molecule has 5 nitrogen and oxygen atoms in total. The van der Waals surface area contributed by atoms with E-state index in [9.17, 15) is 14.0 Å². The summed E-state index contributed by atoms with van der Waals surface area (Å²) >= 11 is 6.57. The van der Waals surface area contributed by atoms with E-state index in [4.69, 9.17) is 21.1 Å². The molecule has 0 bridgehead atoms. The third-order valence-corrected chi connectivity index (χ3v) is 8.58. The predicted molar refractivity (Wildman–Crippen MR) is 158 cm³/mol. The summed E-state index contributed by atoms with van der Waals surface area (Å²) in [5, 5.41) is 0.508. The molecule has 0 saturated heterocycles. The molecule has 3 aliphatic rings. The maximum absolute atomic E-state index is 14.1. The molecule has 2 aromatic carbocycles. The first-order chi connectivity index (χ1) is 19.4. The van der Waals surface area contributed by atoms with Gasteiger partial charge in [0.1, 0.15) is 18.2 Å². The Morgan fingerprint density at radius 2 is 1.49 bits per heavy atom. The van der Waals surface area contributed by atoms with Crippen LogP contribution in [0.25, 0.3) is 0 Å². The van der Waals surface area contributed by atoms with Crippen LogP contribution in [0.1, 0.15) is 76.8 Å². The molecule has 0 amide bonds. The molecular weight excluding hydrogens is 541 g/mol. The maximum Gasteiger partial charge on any atom is 0.162 e. The quantitative estimate of drug-likeness (QED) is 0.299. The van der Waals surface area contributed by atoms with Crippen LogP contribution in [0.3, 0.4) is 0 Å². The van der Waals surface area contributed by atoms with Gasteiger partial charge in [-0.2, -0.15) is 0 Å². The Kier molecular flexibility index (Phi) is 8.19. The van der Waals surface area contributed by atoms with Crippen LogP contribution >= 0.6 is 11.6 Å². The van der Waals surface area contributed by atoms with Crippen LogP contribution in [0.15, 0.2) is 65.0 Å². The summed E-state index contributed by atoms with van der Waals surface area (Å²) in [5.74, 6) is -0.189. The number of ketones is 2. The Hall–Kier alpha value is -2.96. The molecule has 41 heavy (non-hydrogen) atoms. The summed E-state index contributed by atoms with van der Waals surface area (Å²) in [6, 6.07) is 11.6. The van der Waals surface area contributed by atoms with Gasteiger partial charge in [0.15, 0.2) is 11.6 Å². The Morgan fingerprint density at radius 1 is 0.902 bits per heavy atom. The summed E-state index contributed by atoms with van der Waals surface area (Å²) in [5.41, 5.74) is 4.49. The van der Waals surface area contributed by atoms with Crippen molar-refractivity contribution in [1.29, 1.82) is 0 Å². The van der Waals surface area contributed by atoms with Crippen LogP contribution in [0.2, 0.25) is 5.02 Å². The van der Waals surface area contributed by atoms with Crippen LogP contribution in [-0.2, 0) is 20.9 Å². The molecule has 0 atom stereocenters. The van der Waals surface area contributed by atoms with Gasteiger partial charge in [-0.15, -0.1) is 0 Å². The molecule has 0 fully saturated rings. The summed E-state index contributed by atoms with van der Waals surface area (Å²) in [7, 11) is 1.69. The van der Waals surface area contributed by atoms with E-state index >= 15 is 0 Å². The lowest BCUT2D eigenvalue weighted by Crippen LogP contribution is -2.44. The SMILES string of the molecule is COCCCN1C2=C(C(=O)CC(C)(C)C2)C(c2cc(Cl)ccc2OCc2ccc(F)cc2)C2=C1CC(C)(C)CC2=O. The van der Waals surface area contributed by atoms with E-state index in [1.54, 1.807) is 31.4 Å². The van der Waals surface area contributed by atoms with Crippen molar-refractivity contribution in [3.63, 3.8) is 0 Å². The van der Waals surface area contributed by atoms with Crippen LogP contribution in [0, 0.1) is 16.6 Å². The Bertz CT molecular complexity index is 1370. The van der Waals surface area contributed by atoms with E-state index in [0.29, 0.717) is 47.9 Å². The third kappa shape index (κ3) is 6.14. The molecule has 0 aromatic heterocycles. The summed E-state index contributed by atoms with van der Waals surface area (Å²) in [6.07, 6.45) is 3.05. The van der Waals surface area contributed by atoms with E-state index in [0.717, 1.165) is 41.8 Å². The van der Waals surface area contributed by atoms with Crippen molar-refractivity contribution in [1.82, 2.24) is 4.90 Å². The van der Waals surface area contributed by atoms with Gasteiger partial charge in [-0.25, -0.2) is 4.39 Å². The monoisotopic (exact) mass is 579 g/mol. The normalized spacial score (nSPS) is 20.3. The smallest absolute Gasteiger partial charge is 0.162 e. The molecule has 0 radical (unpaired) electrons. The second kappa shape index (κ2) is 11.4. The average Bonchev–Trinajstić information content (AvgIpc) is 2.88. The van der Waals surface area contributed by atoms with Gasteiger partial charge in [0, 0.05) is 72.1 Å². The molecule has 218 valence electrons. The van der Waals surface area contributed by atoms with E-state index in [1.807, 2.05) is 6.07 Å². The zero-order valence-corrected chi connectivity index (χ0v) is 25.4. The first-order valence-electron chi connectivity index (χ1n) is 14.3. The van der Waals surface area contributed by atoms with Crippen molar-refractivity contribution in [3.8, 4) is 5.75 Å². The zero-order chi connectivity index (χ0) is 29.5. The van der Waals surface area contributed by atoms with Gasteiger partial charge in [-0.1, -0.05) is 51.4 Å². The first-order valence-corrected chi connectivity index (χ1v) is 14.7.